The molecule has 0 aliphatic heterocycles. The van der Waals surface area contributed by atoms with Gasteiger partial charge in [-0.3, -0.25) is 0 Å². The summed E-state index contributed by atoms with van der Waals surface area (Å²) in [4.78, 5) is 4.91. The lowest BCUT2D eigenvalue weighted by atomic mass is 9.95. The molecular weight excluding hydrogens is 274 g/mol. The van der Waals surface area contributed by atoms with Crippen LogP contribution < -0.4 is 0 Å². The highest BCUT2D eigenvalue weighted by Gasteiger charge is 2.17. The van der Waals surface area contributed by atoms with Gasteiger partial charge in [0.25, 0.3) is 0 Å². The zero-order valence-electron chi connectivity index (χ0n) is 13.5. The minimum absolute atomic E-state index is 0.198. The van der Waals surface area contributed by atoms with Gasteiger partial charge in [-0.05, 0) is 54.9 Å². The zero-order valence-corrected chi connectivity index (χ0v) is 14.3. The van der Waals surface area contributed by atoms with E-state index in [0.717, 1.165) is 12.1 Å². The number of rotatable bonds is 3. The molecule has 0 N–H and O–H groups in total. The van der Waals surface area contributed by atoms with Crippen LogP contribution in [0.5, 0.6) is 0 Å². The Hall–Kier alpha value is -1.56. The third-order valence-corrected chi connectivity index (χ3v) is 4.91. The summed E-state index contributed by atoms with van der Waals surface area (Å²) in [6.07, 6.45) is 5.54. The summed E-state index contributed by atoms with van der Waals surface area (Å²) in [5.41, 5.74) is 3.73. The lowest BCUT2D eigenvalue weighted by Gasteiger charge is -2.16. The molecule has 2 heteroatoms. The predicted octanol–water partition coefficient (Wildman–Crippen LogP) is 4.76. The first kappa shape index (κ1) is 15.8. The van der Waals surface area contributed by atoms with Gasteiger partial charge < -0.3 is 4.90 Å². The van der Waals surface area contributed by atoms with E-state index in [9.17, 15) is 0 Å². The molecule has 1 aromatic heterocycles. The lowest BCUT2D eigenvalue weighted by Crippen LogP contribution is -2.11. The quantitative estimate of drug-likeness (QED) is 0.739. The van der Waals surface area contributed by atoms with Gasteiger partial charge in [0.15, 0.2) is 0 Å². The Balaban J connectivity index is 2.48. The average molecular weight is 297 g/mol. The minimum atomic E-state index is 0.198. The Morgan fingerprint density at radius 3 is 2.38 bits per heavy atom. The van der Waals surface area contributed by atoms with E-state index >= 15 is 0 Å². The SMILES string of the molecule is C#Cc1ccc(-c2ccc(C(C)(C)C)s2)c(CN(C)C)c1. The van der Waals surface area contributed by atoms with E-state index < -0.39 is 0 Å². The van der Waals surface area contributed by atoms with Crippen LogP contribution in [0.25, 0.3) is 10.4 Å². The molecule has 0 amide bonds. The van der Waals surface area contributed by atoms with Crippen LogP contribution in [0.1, 0.15) is 36.8 Å². The Labute approximate surface area is 132 Å². The molecule has 0 aliphatic carbocycles. The normalized spacial score (nSPS) is 11.7. The van der Waals surface area contributed by atoms with Crippen LogP contribution in [-0.4, -0.2) is 19.0 Å². The molecule has 21 heavy (non-hydrogen) atoms. The maximum absolute atomic E-state index is 5.54. The molecular formula is C19H23NS. The molecule has 0 fully saturated rings. The van der Waals surface area contributed by atoms with E-state index in [1.807, 2.05) is 17.4 Å². The predicted molar refractivity (Wildman–Crippen MR) is 93.8 cm³/mol. The summed E-state index contributed by atoms with van der Waals surface area (Å²) in [5.74, 6) is 2.73. The average Bonchev–Trinajstić information content (AvgIpc) is 2.87. The van der Waals surface area contributed by atoms with Gasteiger partial charge in [-0.1, -0.05) is 32.8 Å². The van der Waals surface area contributed by atoms with Gasteiger partial charge in [-0.25, -0.2) is 0 Å². The molecule has 1 heterocycles. The van der Waals surface area contributed by atoms with Crippen LogP contribution in [0.2, 0.25) is 0 Å². The second-order valence-electron chi connectivity index (χ2n) is 6.67. The van der Waals surface area contributed by atoms with Crippen molar-refractivity contribution in [2.75, 3.05) is 14.1 Å². The molecule has 0 saturated carbocycles. The first-order valence-electron chi connectivity index (χ1n) is 7.16. The van der Waals surface area contributed by atoms with Crippen LogP contribution in [0.15, 0.2) is 30.3 Å². The Bertz CT molecular complexity index is 666. The second-order valence-corrected chi connectivity index (χ2v) is 7.75. The maximum atomic E-state index is 5.54. The van der Waals surface area contributed by atoms with Gasteiger partial charge in [0.05, 0.1) is 0 Å². The fourth-order valence-electron chi connectivity index (χ4n) is 2.28. The number of terminal acetylenes is 1. The van der Waals surface area contributed by atoms with Gasteiger partial charge in [0, 0.05) is 21.9 Å². The summed E-state index contributed by atoms with van der Waals surface area (Å²) < 4.78 is 0. The maximum Gasteiger partial charge on any atom is 0.0349 e. The van der Waals surface area contributed by atoms with Crippen molar-refractivity contribution in [2.45, 2.75) is 32.7 Å². The van der Waals surface area contributed by atoms with Crippen LogP contribution in [0.4, 0.5) is 0 Å². The molecule has 0 atom stereocenters. The topological polar surface area (TPSA) is 3.24 Å². The molecule has 2 rings (SSSR count). The molecule has 0 unspecified atom stereocenters. The Morgan fingerprint density at radius 1 is 1.14 bits per heavy atom. The smallest absolute Gasteiger partial charge is 0.0349 e. The van der Waals surface area contributed by atoms with Crippen molar-refractivity contribution in [1.82, 2.24) is 4.90 Å². The molecule has 0 radical (unpaired) electrons. The van der Waals surface area contributed by atoms with Gasteiger partial charge in [-0.15, -0.1) is 17.8 Å². The second kappa shape index (κ2) is 6.05. The minimum Gasteiger partial charge on any atom is -0.305 e. The molecule has 1 aromatic carbocycles. The standard InChI is InChI=1S/C19H23NS/c1-7-14-8-9-16(15(12-14)13-20(5)6)17-10-11-18(21-17)19(2,3)4/h1,8-12H,13H2,2-6H3. The van der Waals surface area contributed by atoms with Crippen LogP contribution in [0.3, 0.4) is 0 Å². The third-order valence-electron chi connectivity index (χ3n) is 3.37. The summed E-state index contributed by atoms with van der Waals surface area (Å²) in [6, 6.07) is 10.8. The number of hydrogen-bond acceptors (Lipinski definition) is 2. The third kappa shape index (κ3) is 3.75. The van der Waals surface area contributed by atoms with E-state index in [1.165, 1.54) is 20.9 Å². The largest absolute Gasteiger partial charge is 0.305 e. The first-order valence-corrected chi connectivity index (χ1v) is 7.98. The zero-order chi connectivity index (χ0) is 15.6. The molecule has 0 saturated heterocycles. The van der Waals surface area contributed by atoms with Crippen molar-refractivity contribution in [2.24, 2.45) is 0 Å². The summed E-state index contributed by atoms with van der Waals surface area (Å²) in [6.45, 7) is 7.66. The van der Waals surface area contributed by atoms with E-state index in [0.29, 0.717) is 0 Å². The number of benzene rings is 1. The highest BCUT2D eigenvalue weighted by molar-refractivity contribution is 7.15. The number of hydrogen-bond donors (Lipinski definition) is 0. The van der Waals surface area contributed by atoms with E-state index in [1.54, 1.807) is 0 Å². The van der Waals surface area contributed by atoms with Gasteiger partial charge >= 0.3 is 0 Å². The van der Waals surface area contributed by atoms with Crippen LogP contribution >= 0.6 is 11.3 Å². The first-order chi connectivity index (χ1) is 9.81. The number of nitrogens with zero attached hydrogens (tertiary/aromatic N) is 1. The van der Waals surface area contributed by atoms with Crippen LogP contribution in [-0.2, 0) is 12.0 Å². The monoisotopic (exact) mass is 297 g/mol. The number of thiophene rings is 1. The van der Waals surface area contributed by atoms with Crippen molar-refractivity contribution in [3.8, 4) is 22.8 Å². The molecule has 0 bridgehead atoms. The van der Waals surface area contributed by atoms with Gasteiger partial charge in [-0.2, -0.15) is 0 Å². The Kier molecular flexibility index (Phi) is 4.56. The summed E-state index contributed by atoms with van der Waals surface area (Å²) in [5, 5.41) is 0. The van der Waals surface area contributed by atoms with Crippen molar-refractivity contribution < 1.29 is 0 Å². The van der Waals surface area contributed by atoms with E-state index in [-0.39, 0.29) is 5.41 Å². The van der Waals surface area contributed by atoms with Crippen LogP contribution in [0, 0.1) is 12.3 Å². The highest BCUT2D eigenvalue weighted by Crippen LogP contribution is 2.36. The summed E-state index contributed by atoms with van der Waals surface area (Å²) in [7, 11) is 4.17. The van der Waals surface area contributed by atoms with E-state index in [4.69, 9.17) is 6.42 Å². The fourth-order valence-corrected chi connectivity index (χ4v) is 3.41. The fraction of sp³-hybridized carbons (Fsp3) is 0.368. The van der Waals surface area contributed by atoms with Crippen molar-refractivity contribution in [1.29, 1.82) is 0 Å². The molecule has 110 valence electrons. The molecule has 0 aliphatic rings. The van der Waals surface area contributed by atoms with Crippen molar-refractivity contribution >= 4 is 11.3 Å². The highest BCUT2D eigenvalue weighted by atomic mass is 32.1. The van der Waals surface area contributed by atoms with Gasteiger partial charge in [0.2, 0.25) is 0 Å². The molecule has 0 spiro atoms. The van der Waals surface area contributed by atoms with E-state index in [2.05, 4.69) is 70.0 Å². The van der Waals surface area contributed by atoms with Crippen molar-refractivity contribution in [3.63, 3.8) is 0 Å². The molecule has 2 aromatic rings. The molecule has 1 nitrogen and oxygen atoms in total. The Morgan fingerprint density at radius 2 is 1.86 bits per heavy atom. The van der Waals surface area contributed by atoms with Gasteiger partial charge in [0.1, 0.15) is 0 Å². The van der Waals surface area contributed by atoms with Crippen molar-refractivity contribution in [3.05, 3.63) is 46.3 Å². The summed E-state index contributed by atoms with van der Waals surface area (Å²) >= 11 is 1.88. The lowest BCUT2D eigenvalue weighted by molar-refractivity contribution is 0.403.